The van der Waals surface area contributed by atoms with Gasteiger partial charge in [-0.1, -0.05) is 30.3 Å². The van der Waals surface area contributed by atoms with Crippen LogP contribution in [0.3, 0.4) is 0 Å². The van der Waals surface area contributed by atoms with Crippen LogP contribution < -0.4 is 9.47 Å². The van der Waals surface area contributed by atoms with Gasteiger partial charge >= 0.3 is 0 Å². The minimum absolute atomic E-state index is 0.231. The van der Waals surface area contributed by atoms with E-state index in [1.165, 1.54) is 13.2 Å². The van der Waals surface area contributed by atoms with Crippen molar-refractivity contribution in [1.29, 1.82) is 0 Å². The smallest absolute Gasteiger partial charge is 0.204 e. The number of benzene rings is 2. The highest BCUT2D eigenvalue weighted by Crippen LogP contribution is 2.39. The Labute approximate surface area is 148 Å². The maximum atomic E-state index is 12.6. The molecule has 3 rings (SSSR count). The van der Waals surface area contributed by atoms with Crippen LogP contribution in [0.4, 0.5) is 0 Å². The maximum Gasteiger partial charge on any atom is 0.204 e. The van der Waals surface area contributed by atoms with Gasteiger partial charge in [0.1, 0.15) is 18.1 Å². The fraction of sp³-hybridized carbons (Fsp3) is 0.158. The number of methoxy groups -OCH3 is 1. The van der Waals surface area contributed by atoms with Crippen molar-refractivity contribution >= 4 is 27.5 Å². The summed E-state index contributed by atoms with van der Waals surface area (Å²) in [6.07, 6.45) is 1.28. The number of Topliss-reactive ketones (excluding diaryl/α,β-unsaturated/α-hetero) is 1. The minimum atomic E-state index is -0.265. The highest BCUT2D eigenvalue weighted by atomic mass is 79.9. The number of carbonyl (C=O) groups is 2. The number of hydrogen-bond acceptors (Lipinski definition) is 4. The fourth-order valence-electron chi connectivity index (χ4n) is 2.65. The molecule has 0 saturated heterocycles. The SMILES string of the molecule is COc1cc2c(c(OCc3ccccc3)c1C)C(=O)C(Br)=CC2=O. The van der Waals surface area contributed by atoms with Crippen molar-refractivity contribution in [3.05, 3.63) is 69.2 Å². The van der Waals surface area contributed by atoms with E-state index in [1.807, 2.05) is 37.3 Å². The summed E-state index contributed by atoms with van der Waals surface area (Å²) in [6, 6.07) is 11.2. The molecule has 5 heteroatoms. The molecule has 0 fully saturated rings. The van der Waals surface area contributed by atoms with E-state index in [4.69, 9.17) is 9.47 Å². The van der Waals surface area contributed by atoms with Gasteiger partial charge in [0.05, 0.1) is 17.2 Å². The summed E-state index contributed by atoms with van der Waals surface area (Å²) in [7, 11) is 1.52. The van der Waals surface area contributed by atoms with Gasteiger partial charge in [-0.3, -0.25) is 9.59 Å². The molecule has 0 aliphatic heterocycles. The second kappa shape index (κ2) is 6.61. The molecule has 1 aliphatic rings. The maximum absolute atomic E-state index is 12.6. The van der Waals surface area contributed by atoms with Crippen LogP contribution in [0.25, 0.3) is 0 Å². The molecule has 0 heterocycles. The van der Waals surface area contributed by atoms with Crippen molar-refractivity contribution in [1.82, 2.24) is 0 Å². The first-order valence-corrected chi connectivity index (χ1v) is 8.16. The van der Waals surface area contributed by atoms with E-state index in [0.29, 0.717) is 29.2 Å². The van der Waals surface area contributed by atoms with E-state index in [-0.39, 0.29) is 21.6 Å². The molecule has 0 bridgehead atoms. The molecule has 0 unspecified atom stereocenters. The Bertz CT molecular complexity index is 853. The van der Waals surface area contributed by atoms with Gasteiger partial charge in [-0.2, -0.15) is 0 Å². The summed E-state index contributed by atoms with van der Waals surface area (Å²) in [5.41, 5.74) is 2.24. The lowest BCUT2D eigenvalue weighted by Crippen LogP contribution is -2.17. The number of carbonyl (C=O) groups excluding carboxylic acids is 2. The third kappa shape index (κ3) is 2.87. The largest absolute Gasteiger partial charge is 0.496 e. The van der Waals surface area contributed by atoms with Crippen LogP contribution in [0.1, 0.15) is 31.8 Å². The molecule has 2 aromatic carbocycles. The van der Waals surface area contributed by atoms with Crippen molar-refractivity contribution in [3.63, 3.8) is 0 Å². The Morgan fingerprint density at radius 1 is 1.12 bits per heavy atom. The molecule has 0 aromatic heterocycles. The number of fused-ring (bicyclic) bond motifs is 1. The summed E-state index contributed by atoms with van der Waals surface area (Å²) in [4.78, 5) is 24.8. The molecule has 0 amide bonds. The van der Waals surface area contributed by atoms with Gasteiger partial charge in [0.25, 0.3) is 0 Å². The lowest BCUT2D eigenvalue weighted by atomic mass is 9.91. The van der Waals surface area contributed by atoms with Crippen molar-refractivity contribution in [3.8, 4) is 11.5 Å². The van der Waals surface area contributed by atoms with Crippen LogP contribution in [0.5, 0.6) is 11.5 Å². The van der Waals surface area contributed by atoms with Crippen molar-refractivity contribution in [2.24, 2.45) is 0 Å². The molecule has 122 valence electrons. The highest BCUT2D eigenvalue weighted by Gasteiger charge is 2.31. The monoisotopic (exact) mass is 386 g/mol. The summed E-state index contributed by atoms with van der Waals surface area (Å²) < 4.78 is 11.5. The molecule has 24 heavy (non-hydrogen) atoms. The van der Waals surface area contributed by atoms with Crippen molar-refractivity contribution < 1.29 is 19.1 Å². The lowest BCUT2D eigenvalue weighted by Gasteiger charge is -2.20. The molecule has 4 nitrogen and oxygen atoms in total. The summed E-state index contributed by atoms with van der Waals surface area (Å²) in [5, 5.41) is 0. The second-order valence-corrected chi connectivity index (χ2v) is 6.27. The van der Waals surface area contributed by atoms with Gasteiger partial charge in [-0.15, -0.1) is 0 Å². The Balaban J connectivity index is 2.09. The van der Waals surface area contributed by atoms with E-state index in [1.54, 1.807) is 6.07 Å². The molecule has 0 radical (unpaired) electrons. The Hall–Kier alpha value is -2.40. The molecule has 1 aliphatic carbocycles. The van der Waals surface area contributed by atoms with E-state index >= 15 is 0 Å². The van der Waals surface area contributed by atoms with Gasteiger partial charge in [0.2, 0.25) is 5.78 Å². The van der Waals surface area contributed by atoms with E-state index in [0.717, 1.165) is 5.56 Å². The zero-order chi connectivity index (χ0) is 17.3. The van der Waals surface area contributed by atoms with Crippen molar-refractivity contribution in [2.45, 2.75) is 13.5 Å². The van der Waals surface area contributed by atoms with E-state index in [2.05, 4.69) is 15.9 Å². The number of allylic oxidation sites excluding steroid dienone is 2. The Kier molecular flexibility index (Phi) is 4.53. The summed E-state index contributed by atoms with van der Waals surface area (Å²) in [6.45, 7) is 2.10. The summed E-state index contributed by atoms with van der Waals surface area (Å²) >= 11 is 3.16. The van der Waals surface area contributed by atoms with Gasteiger partial charge in [0.15, 0.2) is 5.78 Å². The first-order valence-electron chi connectivity index (χ1n) is 7.37. The number of ether oxygens (including phenoxy) is 2. The van der Waals surface area contributed by atoms with Gasteiger partial charge in [0, 0.05) is 17.2 Å². The predicted octanol–water partition coefficient (Wildman–Crippen LogP) is 4.24. The number of hydrogen-bond donors (Lipinski definition) is 0. The first-order chi connectivity index (χ1) is 11.5. The molecule has 0 N–H and O–H groups in total. The van der Waals surface area contributed by atoms with Crippen LogP contribution in [0, 0.1) is 6.92 Å². The standard InChI is InChI=1S/C19H15BrO4/c1-11-16(23-2)8-13-15(21)9-14(20)18(22)17(13)19(11)24-10-12-6-4-3-5-7-12/h3-9H,10H2,1-2H3. The molecule has 0 saturated carbocycles. The highest BCUT2D eigenvalue weighted by molar-refractivity contribution is 9.12. The first kappa shape index (κ1) is 16.5. The molecule has 0 spiro atoms. The van der Waals surface area contributed by atoms with Gasteiger partial charge < -0.3 is 9.47 Å². The molecule has 0 atom stereocenters. The fourth-order valence-corrected chi connectivity index (χ4v) is 3.06. The van der Waals surface area contributed by atoms with Crippen molar-refractivity contribution in [2.75, 3.05) is 7.11 Å². The lowest BCUT2D eigenvalue weighted by molar-refractivity contribution is 0.0987. The van der Waals surface area contributed by atoms with E-state index < -0.39 is 0 Å². The molecular formula is C19H15BrO4. The van der Waals surface area contributed by atoms with Crippen LogP contribution in [-0.4, -0.2) is 18.7 Å². The third-order valence-electron chi connectivity index (χ3n) is 3.90. The molecular weight excluding hydrogens is 372 g/mol. The van der Waals surface area contributed by atoms with Gasteiger partial charge in [-0.05, 0) is 34.5 Å². The Morgan fingerprint density at radius 3 is 2.50 bits per heavy atom. The zero-order valence-corrected chi connectivity index (χ0v) is 14.8. The van der Waals surface area contributed by atoms with Crippen LogP contribution >= 0.6 is 15.9 Å². The molecule has 2 aromatic rings. The average Bonchev–Trinajstić information content (AvgIpc) is 2.59. The normalized spacial score (nSPS) is 13.4. The van der Waals surface area contributed by atoms with Gasteiger partial charge in [-0.25, -0.2) is 0 Å². The van der Waals surface area contributed by atoms with Crippen LogP contribution in [0.2, 0.25) is 0 Å². The average molecular weight is 387 g/mol. The third-order valence-corrected chi connectivity index (χ3v) is 4.48. The summed E-state index contributed by atoms with van der Waals surface area (Å²) in [5.74, 6) is 0.388. The van der Waals surface area contributed by atoms with Crippen LogP contribution in [-0.2, 0) is 6.61 Å². The van der Waals surface area contributed by atoms with Crippen LogP contribution in [0.15, 0.2) is 47.0 Å². The number of ketones is 2. The topological polar surface area (TPSA) is 52.6 Å². The quantitative estimate of drug-likeness (QED) is 0.788. The minimum Gasteiger partial charge on any atom is -0.496 e. The number of rotatable bonds is 4. The predicted molar refractivity (Wildman–Crippen MR) is 94.2 cm³/mol. The van der Waals surface area contributed by atoms with E-state index in [9.17, 15) is 9.59 Å². The number of halogens is 1. The Morgan fingerprint density at radius 2 is 1.83 bits per heavy atom. The second-order valence-electron chi connectivity index (χ2n) is 5.42. The zero-order valence-electron chi connectivity index (χ0n) is 13.3.